The molecule has 0 saturated carbocycles. The Kier molecular flexibility index (Phi) is 4.35. The summed E-state index contributed by atoms with van der Waals surface area (Å²) in [5.74, 6) is 0. The van der Waals surface area contributed by atoms with Crippen LogP contribution in [-0.4, -0.2) is 49.8 Å². The summed E-state index contributed by atoms with van der Waals surface area (Å²) in [6.45, 7) is 10.7. The van der Waals surface area contributed by atoms with Gasteiger partial charge in [-0.15, -0.1) is 0 Å². The quantitative estimate of drug-likeness (QED) is 0.735. The molecule has 0 aromatic heterocycles. The summed E-state index contributed by atoms with van der Waals surface area (Å²) in [7, 11) is 2.02. The van der Waals surface area contributed by atoms with Crippen LogP contribution in [0.3, 0.4) is 0 Å². The average Bonchev–Trinajstić information content (AvgIpc) is 2.15. The highest BCUT2D eigenvalue weighted by Crippen LogP contribution is 2.19. The Morgan fingerprint density at radius 1 is 1.50 bits per heavy atom. The lowest BCUT2D eigenvalue weighted by Gasteiger charge is -2.42. The van der Waals surface area contributed by atoms with Crippen molar-refractivity contribution in [2.24, 2.45) is 0 Å². The molecule has 0 radical (unpaired) electrons. The Morgan fingerprint density at radius 2 is 2.21 bits per heavy atom. The van der Waals surface area contributed by atoms with E-state index in [2.05, 4.69) is 31.0 Å². The minimum absolute atomic E-state index is 0.214. The number of morpholine rings is 1. The van der Waals surface area contributed by atoms with Gasteiger partial charge in [0, 0.05) is 24.7 Å². The van der Waals surface area contributed by atoms with E-state index < -0.39 is 0 Å². The molecule has 1 rings (SSSR count). The molecular weight excluding hydrogens is 176 g/mol. The van der Waals surface area contributed by atoms with Crippen molar-refractivity contribution in [3.8, 4) is 0 Å². The summed E-state index contributed by atoms with van der Waals surface area (Å²) in [6.07, 6.45) is 1.21. The van der Waals surface area contributed by atoms with E-state index in [-0.39, 0.29) is 5.54 Å². The summed E-state index contributed by atoms with van der Waals surface area (Å²) in [6, 6.07) is 0.605. The first-order valence-corrected chi connectivity index (χ1v) is 5.56. The monoisotopic (exact) mass is 200 g/mol. The Balaban J connectivity index is 2.34. The highest BCUT2D eigenvalue weighted by Gasteiger charge is 2.29. The molecule has 1 unspecified atom stereocenters. The van der Waals surface area contributed by atoms with Gasteiger partial charge in [-0.25, -0.2) is 0 Å². The van der Waals surface area contributed by atoms with Crippen LogP contribution in [0.1, 0.15) is 27.2 Å². The topological polar surface area (TPSA) is 24.5 Å². The molecule has 0 spiro atoms. The van der Waals surface area contributed by atoms with Gasteiger partial charge in [0.15, 0.2) is 0 Å². The minimum Gasteiger partial charge on any atom is -0.378 e. The second kappa shape index (κ2) is 5.10. The second-order valence-electron chi connectivity index (χ2n) is 4.83. The Hall–Kier alpha value is -0.120. The second-order valence-corrected chi connectivity index (χ2v) is 4.83. The first-order chi connectivity index (χ1) is 6.56. The van der Waals surface area contributed by atoms with E-state index in [9.17, 15) is 0 Å². The summed E-state index contributed by atoms with van der Waals surface area (Å²) in [5.41, 5.74) is 0.214. The van der Waals surface area contributed by atoms with Crippen LogP contribution in [0.25, 0.3) is 0 Å². The number of rotatable bonds is 4. The molecular formula is C11H24N2O. The van der Waals surface area contributed by atoms with Gasteiger partial charge in [-0.3, -0.25) is 4.90 Å². The van der Waals surface area contributed by atoms with Gasteiger partial charge >= 0.3 is 0 Å². The summed E-state index contributed by atoms with van der Waals surface area (Å²) >= 11 is 0. The predicted octanol–water partition coefficient (Wildman–Crippen LogP) is 1.10. The molecule has 1 aliphatic rings. The molecule has 0 aliphatic carbocycles. The summed E-state index contributed by atoms with van der Waals surface area (Å²) < 4.78 is 5.49. The van der Waals surface area contributed by atoms with E-state index in [0.29, 0.717) is 6.04 Å². The fourth-order valence-electron chi connectivity index (χ4n) is 1.80. The fourth-order valence-corrected chi connectivity index (χ4v) is 1.80. The van der Waals surface area contributed by atoms with Gasteiger partial charge in [-0.1, -0.05) is 0 Å². The van der Waals surface area contributed by atoms with Gasteiger partial charge in [0.25, 0.3) is 0 Å². The van der Waals surface area contributed by atoms with Crippen LogP contribution in [0.2, 0.25) is 0 Å². The molecule has 0 aromatic carbocycles. The van der Waals surface area contributed by atoms with E-state index in [0.717, 1.165) is 19.8 Å². The van der Waals surface area contributed by atoms with Crippen molar-refractivity contribution >= 4 is 0 Å². The normalized spacial score (nSPS) is 24.9. The molecule has 14 heavy (non-hydrogen) atoms. The van der Waals surface area contributed by atoms with Gasteiger partial charge in [0.2, 0.25) is 0 Å². The maximum Gasteiger partial charge on any atom is 0.0645 e. The van der Waals surface area contributed by atoms with Gasteiger partial charge in [0.05, 0.1) is 13.2 Å². The van der Waals surface area contributed by atoms with Gasteiger partial charge in [-0.05, 0) is 34.2 Å². The third-order valence-electron chi connectivity index (χ3n) is 3.14. The minimum atomic E-state index is 0.214. The zero-order valence-corrected chi connectivity index (χ0v) is 9.97. The van der Waals surface area contributed by atoms with E-state index in [1.165, 1.54) is 13.0 Å². The molecule has 84 valence electrons. The van der Waals surface area contributed by atoms with Crippen LogP contribution in [0, 0.1) is 0 Å². The third-order valence-corrected chi connectivity index (χ3v) is 3.14. The number of hydrogen-bond donors (Lipinski definition) is 1. The van der Waals surface area contributed by atoms with Crippen molar-refractivity contribution in [3.63, 3.8) is 0 Å². The van der Waals surface area contributed by atoms with Crippen molar-refractivity contribution in [1.82, 2.24) is 10.2 Å². The van der Waals surface area contributed by atoms with Crippen molar-refractivity contribution in [2.45, 2.75) is 38.8 Å². The van der Waals surface area contributed by atoms with Crippen molar-refractivity contribution in [2.75, 3.05) is 33.4 Å². The lowest BCUT2D eigenvalue weighted by Crippen LogP contribution is -2.53. The van der Waals surface area contributed by atoms with Crippen LogP contribution in [0.15, 0.2) is 0 Å². The molecule has 1 atom stereocenters. The van der Waals surface area contributed by atoms with Crippen molar-refractivity contribution in [3.05, 3.63) is 0 Å². The fraction of sp³-hybridized carbons (Fsp3) is 1.00. The molecule has 1 fully saturated rings. The van der Waals surface area contributed by atoms with E-state index in [4.69, 9.17) is 4.74 Å². The first kappa shape index (κ1) is 12.0. The molecule has 3 nitrogen and oxygen atoms in total. The maximum absolute atomic E-state index is 5.49. The standard InChI is InChI=1S/C11H24N2O/c1-10(12-4)5-6-13-7-8-14-9-11(13,2)3/h10,12H,5-9H2,1-4H3. The molecule has 1 heterocycles. The highest BCUT2D eigenvalue weighted by atomic mass is 16.5. The van der Waals surface area contributed by atoms with Gasteiger partial charge in [0.1, 0.15) is 0 Å². The first-order valence-electron chi connectivity index (χ1n) is 5.56. The number of hydrogen-bond acceptors (Lipinski definition) is 3. The molecule has 0 aromatic rings. The Morgan fingerprint density at radius 3 is 2.79 bits per heavy atom. The van der Waals surface area contributed by atoms with Crippen LogP contribution in [-0.2, 0) is 4.74 Å². The molecule has 0 amide bonds. The maximum atomic E-state index is 5.49. The van der Waals surface area contributed by atoms with E-state index in [1.807, 2.05) is 7.05 Å². The van der Waals surface area contributed by atoms with Crippen molar-refractivity contribution in [1.29, 1.82) is 0 Å². The number of nitrogens with one attached hydrogen (secondary N) is 1. The molecule has 0 bridgehead atoms. The van der Waals surface area contributed by atoms with Crippen LogP contribution >= 0.6 is 0 Å². The van der Waals surface area contributed by atoms with Crippen LogP contribution < -0.4 is 5.32 Å². The smallest absolute Gasteiger partial charge is 0.0645 e. The van der Waals surface area contributed by atoms with E-state index in [1.54, 1.807) is 0 Å². The van der Waals surface area contributed by atoms with Crippen LogP contribution in [0.5, 0.6) is 0 Å². The van der Waals surface area contributed by atoms with Crippen LogP contribution in [0.4, 0.5) is 0 Å². The highest BCUT2D eigenvalue weighted by molar-refractivity contribution is 4.84. The zero-order valence-electron chi connectivity index (χ0n) is 9.97. The Bertz CT molecular complexity index is 171. The third kappa shape index (κ3) is 3.23. The molecule has 1 aliphatic heterocycles. The summed E-state index contributed by atoms with van der Waals surface area (Å²) in [4.78, 5) is 2.53. The molecule has 1 saturated heterocycles. The van der Waals surface area contributed by atoms with Crippen molar-refractivity contribution < 1.29 is 4.74 Å². The number of ether oxygens (including phenoxy) is 1. The SMILES string of the molecule is CNC(C)CCN1CCOCC1(C)C. The lowest BCUT2D eigenvalue weighted by atomic mass is 10.0. The predicted molar refractivity (Wildman–Crippen MR) is 59.6 cm³/mol. The molecule has 1 N–H and O–H groups in total. The zero-order chi connectivity index (χ0) is 10.6. The molecule has 3 heteroatoms. The lowest BCUT2D eigenvalue weighted by molar-refractivity contribution is -0.0518. The van der Waals surface area contributed by atoms with Gasteiger partial charge in [-0.2, -0.15) is 0 Å². The Labute approximate surface area is 87.8 Å². The largest absolute Gasteiger partial charge is 0.378 e. The van der Waals surface area contributed by atoms with Gasteiger partial charge < -0.3 is 10.1 Å². The number of nitrogens with zero attached hydrogens (tertiary/aromatic N) is 1. The summed E-state index contributed by atoms with van der Waals surface area (Å²) in [5, 5.41) is 3.27. The van der Waals surface area contributed by atoms with E-state index >= 15 is 0 Å². The average molecular weight is 200 g/mol.